The Labute approximate surface area is 110 Å². The van der Waals surface area contributed by atoms with E-state index in [9.17, 15) is 4.39 Å². The van der Waals surface area contributed by atoms with Crippen LogP contribution >= 0.6 is 0 Å². The summed E-state index contributed by atoms with van der Waals surface area (Å²) >= 11 is 0. The van der Waals surface area contributed by atoms with Crippen LogP contribution in [0.3, 0.4) is 0 Å². The predicted octanol–water partition coefficient (Wildman–Crippen LogP) is 3.35. The van der Waals surface area contributed by atoms with Gasteiger partial charge >= 0.3 is 0 Å². The van der Waals surface area contributed by atoms with Crippen LogP contribution < -0.4 is 5.32 Å². The molecule has 96 valence electrons. The van der Waals surface area contributed by atoms with Crippen molar-refractivity contribution in [1.29, 1.82) is 0 Å². The van der Waals surface area contributed by atoms with Crippen LogP contribution in [-0.4, -0.2) is 12.0 Å². The minimum atomic E-state index is -0.296. The maximum Gasteiger partial charge on any atom is 0.227 e. The lowest BCUT2D eigenvalue weighted by atomic mass is 10.2. The van der Waals surface area contributed by atoms with Crippen LogP contribution in [-0.2, 0) is 6.54 Å². The van der Waals surface area contributed by atoms with Gasteiger partial charge in [0.15, 0.2) is 5.58 Å². The quantitative estimate of drug-likeness (QED) is 0.781. The second-order valence-corrected chi connectivity index (χ2v) is 4.36. The van der Waals surface area contributed by atoms with Crippen LogP contribution in [0.4, 0.5) is 4.39 Å². The van der Waals surface area contributed by atoms with Crippen molar-refractivity contribution in [2.24, 2.45) is 0 Å². The summed E-state index contributed by atoms with van der Waals surface area (Å²) in [5, 5.41) is 3.09. The van der Waals surface area contributed by atoms with Gasteiger partial charge in [-0.1, -0.05) is 12.1 Å². The monoisotopic (exact) mass is 256 g/mol. The fourth-order valence-corrected chi connectivity index (χ4v) is 2.03. The average Bonchev–Trinajstić information content (AvgIpc) is 2.82. The molecule has 0 saturated heterocycles. The Bertz CT molecular complexity index is 721. The zero-order chi connectivity index (χ0) is 13.2. The number of fused-ring (bicyclic) bond motifs is 1. The first-order valence-corrected chi connectivity index (χ1v) is 6.06. The molecule has 0 aliphatic heterocycles. The summed E-state index contributed by atoms with van der Waals surface area (Å²) in [6.07, 6.45) is 0. The molecule has 19 heavy (non-hydrogen) atoms. The number of nitrogens with one attached hydrogen (secondary N) is 1. The topological polar surface area (TPSA) is 38.1 Å². The molecule has 0 saturated carbocycles. The summed E-state index contributed by atoms with van der Waals surface area (Å²) in [6.45, 7) is 0.776. The van der Waals surface area contributed by atoms with Gasteiger partial charge in [-0.2, -0.15) is 0 Å². The third-order valence-electron chi connectivity index (χ3n) is 2.90. The molecular weight excluding hydrogens is 243 g/mol. The molecule has 0 unspecified atom stereocenters. The van der Waals surface area contributed by atoms with Gasteiger partial charge in [0, 0.05) is 12.1 Å². The van der Waals surface area contributed by atoms with Gasteiger partial charge < -0.3 is 9.73 Å². The third kappa shape index (κ3) is 2.35. The van der Waals surface area contributed by atoms with Crippen molar-refractivity contribution < 1.29 is 8.81 Å². The lowest BCUT2D eigenvalue weighted by Gasteiger charge is -1.97. The molecule has 4 heteroatoms. The lowest BCUT2D eigenvalue weighted by molar-refractivity contribution is 0.611. The molecule has 1 heterocycles. The molecule has 0 bridgehead atoms. The third-order valence-corrected chi connectivity index (χ3v) is 2.90. The minimum absolute atomic E-state index is 0.296. The van der Waals surface area contributed by atoms with E-state index in [-0.39, 0.29) is 5.82 Å². The summed E-state index contributed by atoms with van der Waals surface area (Å²) < 4.78 is 18.8. The van der Waals surface area contributed by atoms with E-state index < -0.39 is 0 Å². The average molecular weight is 256 g/mol. The van der Waals surface area contributed by atoms with Gasteiger partial charge in [0.25, 0.3) is 0 Å². The van der Waals surface area contributed by atoms with Crippen LogP contribution in [0.5, 0.6) is 0 Å². The summed E-state index contributed by atoms with van der Waals surface area (Å²) in [4.78, 5) is 4.41. The number of benzene rings is 2. The standard InChI is InChI=1S/C15H13FN2O/c1-17-9-10-5-6-14-13(7-10)18-15(19-14)11-3-2-4-12(16)8-11/h2-8,17H,9H2,1H3. The zero-order valence-electron chi connectivity index (χ0n) is 10.5. The van der Waals surface area contributed by atoms with Crippen molar-refractivity contribution in [3.05, 3.63) is 53.8 Å². The number of rotatable bonds is 3. The van der Waals surface area contributed by atoms with Crippen molar-refractivity contribution in [1.82, 2.24) is 10.3 Å². The van der Waals surface area contributed by atoms with Crippen LogP contribution in [0, 0.1) is 5.82 Å². The maximum atomic E-state index is 13.2. The number of aromatic nitrogens is 1. The lowest BCUT2D eigenvalue weighted by Crippen LogP contribution is -2.04. The first kappa shape index (κ1) is 11.9. The Morgan fingerprint density at radius 3 is 2.89 bits per heavy atom. The van der Waals surface area contributed by atoms with Crippen LogP contribution in [0.15, 0.2) is 46.9 Å². The Kier molecular flexibility index (Phi) is 3.01. The summed E-state index contributed by atoms with van der Waals surface area (Å²) in [5.41, 5.74) is 3.27. The summed E-state index contributed by atoms with van der Waals surface area (Å²) in [6, 6.07) is 12.1. The van der Waals surface area contributed by atoms with Gasteiger partial charge in [-0.25, -0.2) is 9.37 Å². The van der Waals surface area contributed by atoms with Crippen molar-refractivity contribution in [3.63, 3.8) is 0 Å². The minimum Gasteiger partial charge on any atom is -0.436 e. The molecule has 3 nitrogen and oxygen atoms in total. The molecule has 0 fully saturated rings. The van der Waals surface area contributed by atoms with E-state index in [4.69, 9.17) is 4.42 Å². The van der Waals surface area contributed by atoms with Gasteiger partial charge in [-0.15, -0.1) is 0 Å². The highest BCUT2D eigenvalue weighted by molar-refractivity contribution is 5.76. The number of nitrogens with zero attached hydrogens (tertiary/aromatic N) is 1. The van der Waals surface area contributed by atoms with Gasteiger partial charge in [0.2, 0.25) is 5.89 Å². The second kappa shape index (κ2) is 4.82. The van der Waals surface area contributed by atoms with Crippen molar-refractivity contribution in [2.75, 3.05) is 7.05 Å². The van der Waals surface area contributed by atoms with Crippen molar-refractivity contribution in [3.8, 4) is 11.5 Å². The van der Waals surface area contributed by atoms with Crippen molar-refractivity contribution >= 4 is 11.1 Å². The molecule has 3 rings (SSSR count). The van der Waals surface area contributed by atoms with Crippen LogP contribution in [0.25, 0.3) is 22.6 Å². The van der Waals surface area contributed by atoms with E-state index >= 15 is 0 Å². The zero-order valence-corrected chi connectivity index (χ0v) is 10.5. The summed E-state index contributed by atoms with van der Waals surface area (Å²) in [7, 11) is 1.89. The first-order valence-electron chi connectivity index (χ1n) is 6.06. The normalized spacial score (nSPS) is 11.1. The van der Waals surface area contributed by atoms with Gasteiger partial charge in [-0.3, -0.25) is 0 Å². The molecule has 1 N–H and O–H groups in total. The molecule has 0 aliphatic rings. The van der Waals surface area contributed by atoms with Crippen LogP contribution in [0.1, 0.15) is 5.56 Å². The highest BCUT2D eigenvalue weighted by atomic mass is 19.1. The predicted molar refractivity (Wildman–Crippen MR) is 72.2 cm³/mol. The maximum absolute atomic E-state index is 13.2. The Hall–Kier alpha value is -2.20. The van der Waals surface area contributed by atoms with E-state index in [1.54, 1.807) is 12.1 Å². The molecular formula is C15H13FN2O. The van der Waals surface area contributed by atoms with Gasteiger partial charge in [0.1, 0.15) is 11.3 Å². The molecule has 0 spiro atoms. The fraction of sp³-hybridized carbons (Fsp3) is 0.133. The van der Waals surface area contributed by atoms with E-state index in [2.05, 4.69) is 10.3 Å². The highest BCUT2D eigenvalue weighted by Crippen LogP contribution is 2.25. The van der Waals surface area contributed by atoms with Gasteiger partial charge in [-0.05, 0) is 42.9 Å². The van der Waals surface area contributed by atoms with E-state index in [1.807, 2.05) is 25.2 Å². The number of hydrogen-bond donors (Lipinski definition) is 1. The molecule has 3 aromatic rings. The van der Waals surface area contributed by atoms with Crippen LogP contribution in [0.2, 0.25) is 0 Å². The highest BCUT2D eigenvalue weighted by Gasteiger charge is 2.09. The largest absolute Gasteiger partial charge is 0.436 e. The summed E-state index contributed by atoms with van der Waals surface area (Å²) in [5.74, 6) is 0.145. The van der Waals surface area contributed by atoms with E-state index in [1.165, 1.54) is 12.1 Å². The SMILES string of the molecule is CNCc1ccc2oc(-c3cccc(F)c3)nc2c1. The molecule has 1 aromatic heterocycles. The number of halogens is 1. The number of hydrogen-bond acceptors (Lipinski definition) is 3. The molecule has 0 atom stereocenters. The molecule has 2 aromatic carbocycles. The number of oxazole rings is 1. The van der Waals surface area contributed by atoms with Gasteiger partial charge in [0.05, 0.1) is 0 Å². The van der Waals surface area contributed by atoms with E-state index in [0.29, 0.717) is 17.0 Å². The molecule has 0 radical (unpaired) electrons. The van der Waals surface area contributed by atoms with E-state index in [0.717, 1.165) is 17.6 Å². The second-order valence-electron chi connectivity index (χ2n) is 4.36. The fourth-order valence-electron chi connectivity index (χ4n) is 2.03. The first-order chi connectivity index (χ1) is 9.26. The smallest absolute Gasteiger partial charge is 0.227 e. The molecule has 0 aliphatic carbocycles. The van der Waals surface area contributed by atoms with Crippen molar-refractivity contribution in [2.45, 2.75) is 6.54 Å². The Morgan fingerprint density at radius 1 is 1.21 bits per heavy atom. The Morgan fingerprint density at radius 2 is 2.11 bits per heavy atom. The Balaban J connectivity index is 2.06. The molecule has 0 amide bonds.